The molecule has 27 heavy (non-hydrogen) atoms. The zero-order valence-corrected chi connectivity index (χ0v) is 16.4. The summed E-state index contributed by atoms with van der Waals surface area (Å²) in [6.07, 6.45) is 3.36. The fourth-order valence-corrected chi connectivity index (χ4v) is 3.18. The van der Waals surface area contributed by atoms with Crippen molar-refractivity contribution >= 4 is 35.4 Å². The minimum absolute atomic E-state index is 0.00164. The van der Waals surface area contributed by atoms with Crippen LogP contribution in [0.25, 0.3) is 6.08 Å². The van der Waals surface area contributed by atoms with Gasteiger partial charge in [0.1, 0.15) is 5.82 Å². The number of amides is 1. The van der Waals surface area contributed by atoms with Crippen LogP contribution in [0.3, 0.4) is 0 Å². The molecule has 142 valence electrons. The number of rotatable bonds is 5. The number of nitrogens with one attached hydrogen (secondary N) is 1. The van der Waals surface area contributed by atoms with Crippen molar-refractivity contribution in [2.24, 2.45) is 0 Å². The molecule has 1 amide bonds. The summed E-state index contributed by atoms with van der Waals surface area (Å²) in [7, 11) is 0. The van der Waals surface area contributed by atoms with Crippen LogP contribution < -0.4 is 10.2 Å². The number of anilines is 2. The molecule has 2 heterocycles. The lowest BCUT2D eigenvalue weighted by Crippen LogP contribution is -2.48. The van der Waals surface area contributed by atoms with Crippen molar-refractivity contribution in [2.75, 3.05) is 42.9 Å². The van der Waals surface area contributed by atoms with Crippen LogP contribution in [0, 0.1) is 6.92 Å². The monoisotopic (exact) mass is 385 g/mol. The molecule has 1 N–H and O–H groups in total. The summed E-state index contributed by atoms with van der Waals surface area (Å²) in [4.78, 5) is 25.5. The molecule has 1 aromatic heterocycles. The zero-order valence-electron chi connectivity index (χ0n) is 15.7. The van der Waals surface area contributed by atoms with Crippen molar-refractivity contribution in [1.82, 2.24) is 14.9 Å². The van der Waals surface area contributed by atoms with Gasteiger partial charge in [-0.2, -0.15) is 4.98 Å². The molecule has 0 bridgehead atoms. The van der Waals surface area contributed by atoms with Crippen LogP contribution in [-0.4, -0.2) is 53.5 Å². The molecule has 0 saturated carbocycles. The van der Waals surface area contributed by atoms with Crippen LogP contribution in [0.5, 0.6) is 0 Å². The predicted molar refractivity (Wildman–Crippen MR) is 110 cm³/mol. The van der Waals surface area contributed by atoms with Crippen molar-refractivity contribution in [3.8, 4) is 0 Å². The maximum Gasteiger partial charge on any atom is 0.246 e. The summed E-state index contributed by atoms with van der Waals surface area (Å²) in [6.45, 7) is 7.57. The molecule has 1 fully saturated rings. The number of aryl methyl sites for hydroxylation is 1. The molecule has 0 atom stereocenters. The summed E-state index contributed by atoms with van der Waals surface area (Å²) >= 11 is 6.13. The molecule has 1 aromatic carbocycles. The molecule has 6 nitrogen and oxygen atoms in total. The van der Waals surface area contributed by atoms with Gasteiger partial charge in [-0.05, 0) is 31.6 Å². The molecular weight excluding hydrogens is 362 g/mol. The van der Waals surface area contributed by atoms with Crippen molar-refractivity contribution in [2.45, 2.75) is 13.8 Å². The number of hydrogen-bond donors (Lipinski definition) is 1. The highest BCUT2D eigenvalue weighted by Gasteiger charge is 2.21. The molecule has 7 heteroatoms. The number of halogens is 1. The smallest absolute Gasteiger partial charge is 0.246 e. The Balaban J connectivity index is 1.60. The number of aromatic nitrogens is 2. The number of hydrogen-bond acceptors (Lipinski definition) is 5. The van der Waals surface area contributed by atoms with Gasteiger partial charge in [0.05, 0.1) is 0 Å². The second-order valence-electron chi connectivity index (χ2n) is 6.39. The molecule has 0 spiro atoms. The molecule has 1 aliphatic rings. The van der Waals surface area contributed by atoms with E-state index in [2.05, 4.69) is 20.2 Å². The largest absolute Gasteiger partial charge is 0.354 e. The van der Waals surface area contributed by atoms with E-state index >= 15 is 0 Å². The first-order chi connectivity index (χ1) is 13.1. The fraction of sp³-hybridized carbons (Fsp3) is 0.350. The van der Waals surface area contributed by atoms with E-state index in [1.807, 2.05) is 49.1 Å². The molecule has 0 radical (unpaired) electrons. The van der Waals surface area contributed by atoms with E-state index in [9.17, 15) is 4.79 Å². The number of carbonyl (C=O) groups excluding carboxylic acids is 1. The van der Waals surface area contributed by atoms with E-state index in [-0.39, 0.29) is 5.91 Å². The first-order valence-electron chi connectivity index (χ1n) is 9.13. The minimum atomic E-state index is 0.00164. The van der Waals surface area contributed by atoms with E-state index in [0.717, 1.165) is 36.7 Å². The highest BCUT2D eigenvalue weighted by atomic mass is 35.5. The lowest BCUT2D eigenvalue weighted by molar-refractivity contribution is -0.126. The second kappa shape index (κ2) is 8.86. The van der Waals surface area contributed by atoms with Crippen LogP contribution in [0.2, 0.25) is 5.02 Å². The van der Waals surface area contributed by atoms with Crippen LogP contribution >= 0.6 is 11.6 Å². The van der Waals surface area contributed by atoms with Gasteiger partial charge in [-0.25, -0.2) is 4.98 Å². The number of carbonyl (C=O) groups is 1. The van der Waals surface area contributed by atoms with Gasteiger partial charge < -0.3 is 15.1 Å². The first-order valence-corrected chi connectivity index (χ1v) is 9.50. The van der Waals surface area contributed by atoms with Gasteiger partial charge >= 0.3 is 0 Å². The van der Waals surface area contributed by atoms with Gasteiger partial charge in [0, 0.05) is 55.6 Å². The van der Waals surface area contributed by atoms with Crippen molar-refractivity contribution in [3.05, 3.63) is 52.7 Å². The lowest BCUT2D eigenvalue weighted by Gasteiger charge is -2.35. The summed E-state index contributed by atoms with van der Waals surface area (Å²) in [5.74, 6) is 1.55. The third-order valence-electron chi connectivity index (χ3n) is 4.40. The van der Waals surface area contributed by atoms with Gasteiger partial charge in [-0.15, -0.1) is 0 Å². The van der Waals surface area contributed by atoms with E-state index in [0.29, 0.717) is 24.1 Å². The Morgan fingerprint density at radius 3 is 2.67 bits per heavy atom. The van der Waals surface area contributed by atoms with Crippen LogP contribution in [0.15, 0.2) is 36.4 Å². The highest BCUT2D eigenvalue weighted by molar-refractivity contribution is 6.32. The van der Waals surface area contributed by atoms with Gasteiger partial charge in [-0.3, -0.25) is 4.79 Å². The third kappa shape index (κ3) is 4.98. The maximum atomic E-state index is 12.5. The molecule has 0 aliphatic carbocycles. The fourth-order valence-electron chi connectivity index (χ4n) is 2.98. The molecule has 0 unspecified atom stereocenters. The van der Waals surface area contributed by atoms with Gasteiger partial charge in [0.2, 0.25) is 11.9 Å². The SMILES string of the molecule is CCNc1nc(C)cc(N2CCN(C(=O)/C=C/c3ccccc3Cl)CC2)n1. The normalized spacial score (nSPS) is 14.6. The van der Waals surface area contributed by atoms with E-state index < -0.39 is 0 Å². The topological polar surface area (TPSA) is 61.4 Å². The van der Waals surface area contributed by atoms with Crippen LogP contribution in [-0.2, 0) is 4.79 Å². The Kier molecular flexibility index (Phi) is 6.29. The van der Waals surface area contributed by atoms with E-state index in [1.165, 1.54) is 0 Å². The average molecular weight is 386 g/mol. The molecule has 3 rings (SSSR count). The van der Waals surface area contributed by atoms with Gasteiger partial charge in [0.15, 0.2) is 0 Å². The Bertz CT molecular complexity index is 831. The minimum Gasteiger partial charge on any atom is -0.354 e. The van der Waals surface area contributed by atoms with Crippen molar-refractivity contribution < 1.29 is 4.79 Å². The second-order valence-corrected chi connectivity index (χ2v) is 6.80. The number of benzene rings is 1. The van der Waals surface area contributed by atoms with Crippen molar-refractivity contribution in [3.63, 3.8) is 0 Å². The molecule has 2 aromatic rings. The van der Waals surface area contributed by atoms with E-state index in [1.54, 1.807) is 12.2 Å². The lowest BCUT2D eigenvalue weighted by atomic mass is 10.2. The predicted octanol–water partition coefficient (Wildman–Crippen LogP) is 3.23. The quantitative estimate of drug-likeness (QED) is 0.800. The van der Waals surface area contributed by atoms with Crippen LogP contribution in [0.1, 0.15) is 18.2 Å². The van der Waals surface area contributed by atoms with Crippen molar-refractivity contribution in [1.29, 1.82) is 0 Å². The van der Waals surface area contributed by atoms with Gasteiger partial charge in [-0.1, -0.05) is 29.8 Å². The standard InChI is InChI=1S/C20H24ClN5O/c1-3-22-20-23-15(2)14-18(24-20)25-10-12-26(13-11-25)19(27)9-8-16-6-4-5-7-17(16)21/h4-9,14H,3,10-13H2,1-2H3,(H,22,23,24)/b9-8+. The molecular formula is C20H24ClN5O. The van der Waals surface area contributed by atoms with Crippen LogP contribution in [0.4, 0.5) is 11.8 Å². The summed E-state index contributed by atoms with van der Waals surface area (Å²) in [6, 6.07) is 9.46. The summed E-state index contributed by atoms with van der Waals surface area (Å²) < 4.78 is 0. The summed E-state index contributed by atoms with van der Waals surface area (Å²) in [5, 5.41) is 3.80. The Hall–Kier alpha value is -2.60. The Morgan fingerprint density at radius 2 is 1.96 bits per heavy atom. The Morgan fingerprint density at radius 1 is 1.22 bits per heavy atom. The van der Waals surface area contributed by atoms with E-state index in [4.69, 9.17) is 11.6 Å². The number of nitrogens with zero attached hydrogens (tertiary/aromatic N) is 4. The number of piperazine rings is 1. The molecule has 1 aliphatic heterocycles. The zero-order chi connectivity index (χ0) is 19.2. The highest BCUT2D eigenvalue weighted by Crippen LogP contribution is 2.18. The maximum absolute atomic E-state index is 12.5. The summed E-state index contributed by atoms with van der Waals surface area (Å²) in [5.41, 5.74) is 1.77. The van der Waals surface area contributed by atoms with Gasteiger partial charge in [0.25, 0.3) is 0 Å². The third-order valence-corrected chi connectivity index (χ3v) is 4.75. The molecule has 1 saturated heterocycles. The average Bonchev–Trinajstić information content (AvgIpc) is 2.67. The Labute approximate surface area is 164 Å². The first kappa shape index (κ1) is 19.2.